The summed E-state index contributed by atoms with van der Waals surface area (Å²) in [4.78, 5) is 35.3. The summed E-state index contributed by atoms with van der Waals surface area (Å²) in [6, 6.07) is 36.9. The molecule has 0 atom stereocenters. The van der Waals surface area contributed by atoms with Crippen molar-refractivity contribution < 1.29 is 4.79 Å². The Morgan fingerprint density at radius 1 is 0.714 bits per heavy atom. The molecule has 4 aromatic carbocycles. The van der Waals surface area contributed by atoms with Crippen molar-refractivity contribution in [2.75, 3.05) is 21.7 Å². The number of thiocarbonyl (C=S) groups is 1. The summed E-state index contributed by atoms with van der Waals surface area (Å²) in [6.45, 7) is 0.317. The molecule has 0 unspecified atom stereocenters. The maximum absolute atomic E-state index is 14.4. The van der Waals surface area contributed by atoms with Crippen molar-refractivity contribution in [2.45, 2.75) is 11.4 Å². The van der Waals surface area contributed by atoms with Crippen LogP contribution < -0.4 is 29.5 Å². The van der Waals surface area contributed by atoms with Gasteiger partial charge in [0.05, 0.1) is 17.9 Å². The third-order valence-corrected chi connectivity index (χ3v) is 10.2. The molecule has 1 saturated heterocycles. The lowest BCUT2D eigenvalue weighted by molar-refractivity contribution is -0.112. The molecular weight excluding hydrogens is 581 g/mol. The van der Waals surface area contributed by atoms with Gasteiger partial charge in [-0.3, -0.25) is 24.0 Å². The first kappa shape index (κ1) is 26.5. The standard InChI is InChI=1S/C33H24N4O2S3/c1-34-25-19-11-12-20-26(25)41-32(34)28-30(39)35(21-22-13-5-2-6-14-22)31(42-28)27-29(38)37(24-17-9-4-10-18-24)33(40)36(27)23-15-7-3-8-16-23/h2-20H,21H2,1H3. The van der Waals surface area contributed by atoms with Crippen molar-refractivity contribution in [3.05, 3.63) is 140 Å². The minimum atomic E-state index is -0.273. The number of rotatable bonds is 4. The minimum absolute atomic E-state index is 0.140. The number of nitrogens with zero attached hydrogens (tertiary/aromatic N) is 4. The summed E-state index contributed by atoms with van der Waals surface area (Å²) >= 11 is 8.89. The third kappa shape index (κ3) is 4.37. The number of hydrogen-bond acceptors (Lipinski definition) is 6. The summed E-state index contributed by atoms with van der Waals surface area (Å²) in [6.07, 6.45) is 0. The first-order valence-corrected chi connectivity index (χ1v) is 15.4. The number of anilines is 3. The molecule has 0 saturated carbocycles. The highest BCUT2D eigenvalue weighted by Crippen LogP contribution is 2.45. The molecule has 6 nitrogen and oxygen atoms in total. The maximum atomic E-state index is 14.4. The van der Waals surface area contributed by atoms with Crippen LogP contribution in [0.1, 0.15) is 5.56 Å². The van der Waals surface area contributed by atoms with Crippen LogP contribution in [0, 0.1) is 0 Å². The third-order valence-electron chi connectivity index (χ3n) is 7.24. The molecule has 9 heteroatoms. The molecule has 2 aliphatic heterocycles. The monoisotopic (exact) mass is 604 g/mol. The van der Waals surface area contributed by atoms with Gasteiger partial charge in [0.15, 0.2) is 5.11 Å². The number of aromatic nitrogens is 1. The number of fused-ring (bicyclic) bond motifs is 1. The molecule has 0 radical (unpaired) electrons. The zero-order valence-electron chi connectivity index (χ0n) is 22.5. The van der Waals surface area contributed by atoms with Gasteiger partial charge in [-0.25, -0.2) is 0 Å². The van der Waals surface area contributed by atoms with Crippen molar-refractivity contribution in [3.63, 3.8) is 0 Å². The summed E-state index contributed by atoms with van der Waals surface area (Å²) in [7, 11) is 1.98. The Balaban J connectivity index is 1.54. The van der Waals surface area contributed by atoms with Gasteiger partial charge in [0, 0.05) is 17.6 Å². The van der Waals surface area contributed by atoms with Gasteiger partial charge < -0.3 is 4.90 Å². The highest BCUT2D eigenvalue weighted by Gasteiger charge is 2.42. The van der Waals surface area contributed by atoms with Gasteiger partial charge in [0.2, 0.25) is 0 Å². The molecule has 206 valence electrons. The molecule has 1 amide bonds. The number of benzene rings is 4. The first-order valence-electron chi connectivity index (χ1n) is 13.3. The Hall–Kier alpha value is -4.44. The Morgan fingerprint density at radius 3 is 1.93 bits per heavy atom. The van der Waals surface area contributed by atoms with E-state index < -0.39 is 0 Å². The molecule has 2 aliphatic rings. The lowest BCUT2D eigenvalue weighted by Crippen LogP contribution is -2.36. The SMILES string of the molecule is CN1C(=c2sc(=C3C(=O)N(c4ccccc4)C(=S)N3c3ccccc3)n(Cc3ccccc3)c2=O)Sc2ccccc21. The average Bonchev–Trinajstić information content (AvgIpc) is 3.62. The smallest absolute Gasteiger partial charge is 0.284 e. The van der Waals surface area contributed by atoms with Gasteiger partial charge in [0.25, 0.3) is 11.5 Å². The highest BCUT2D eigenvalue weighted by molar-refractivity contribution is 8.08. The number of para-hydroxylation sites is 3. The van der Waals surface area contributed by atoms with E-state index in [0.29, 0.717) is 32.2 Å². The quantitative estimate of drug-likeness (QED) is 0.263. The topological polar surface area (TPSA) is 48.8 Å². The van der Waals surface area contributed by atoms with Crippen molar-refractivity contribution in [1.29, 1.82) is 0 Å². The predicted molar refractivity (Wildman–Crippen MR) is 176 cm³/mol. The Morgan fingerprint density at radius 2 is 1.29 bits per heavy atom. The van der Waals surface area contributed by atoms with Crippen LogP contribution in [0.4, 0.5) is 17.1 Å². The molecule has 0 spiro atoms. The van der Waals surface area contributed by atoms with Gasteiger partial charge in [-0.1, -0.05) is 90.6 Å². The van der Waals surface area contributed by atoms with Crippen molar-refractivity contribution in [1.82, 2.24) is 4.57 Å². The van der Waals surface area contributed by atoms with E-state index in [4.69, 9.17) is 12.2 Å². The zero-order valence-corrected chi connectivity index (χ0v) is 25.0. The molecule has 0 bridgehead atoms. The maximum Gasteiger partial charge on any atom is 0.284 e. The number of carbonyl (C=O) groups excluding carboxylic acids is 1. The van der Waals surface area contributed by atoms with Crippen LogP contribution >= 0.6 is 35.3 Å². The largest absolute Gasteiger partial charge is 0.337 e. The van der Waals surface area contributed by atoms with E-state index in [1.165, 1.54) is 11.3 Å². The molecule has 7 rings (SSSR count). The zero-order chi connectivity index (χ0) is 28.8. The fourth-order valence-corrected chi connectivity index (χ4v) is 8.09. The van der Waals surface area contributed by atoms with Gasteiger partial charge in [-0.05, 0) is 54.2 Å². The van der Waals surface area contributed by atoms with Gasteiger partial charge in [-0.15, -0.1) is 11.3 Å². The van der Waals surface area contributed by atoms with E-state index in [1.807, 2.05) is 110 Å². The molecular formula is C33H24N4O2S3. The number of thioether (sulfide) groups is 1. The van der Waals surface area contributed by atoms with E-state index in [9.17, 15) is 9.59 Å². The Kier molecular flexibility index (Phi) is 6.78. The van der Waals surface area contributed by atoms with Crippen molar-refractivity contribution in [3.8, 4) is 0 Å². The van der Waals surface area contributed by atoms with Gasteiger partial charge in [0.1, 0.15) is 19.9 Å². The van der Waals surface area contributed by atoms with E-state index in [1.54, 1.807) is 26.1 Å². The van der Waals surface area contributed by atoms with Crippen LogP contribution in [-0.4, -0.2) is 22.6 Å². The van der Waals surface area contributed by atoms with E-state index in [-0.39, 0.29) is 11.5 Å². The molecule has 0 aliphatic carbocycles. The number of carbonyl (C=O) groups is 1. The minimum Gasteiger partial charge on any atom is -0.337 e. The first-order chi connectivity index (χ1) is 20.5. The number of hydrogen-bond donors (Lipinski definition) is 0. The van der Waals surface area contributed by atoms with Crippen molar-refractivity contribution in [2.24, 2.45) is 0 Å². The molecule has 1 aromatic heterocycles. The fraction of sp³-hybridized carbons (Fsp3) is 0.0606. The van der Waals surface area contributed by atoms with Crippen LogP contribution in [0.25, 0.3) is 10.7 Å². The van der Waals surface area contributed by atoms with Crippen LogP contribution in [0.15, 0.2) is 125 Å². The Bertz CT molecular complexity index is 2020. The fourth-order valence-electron chi connectivity index (χ4n) is 5.22. The summed E-state index contributed by atoms with van der Waals surface area (Å²) in [5, 5.41) is 1.19. The molecule has 0 N–H and O–H groups in total. The molecule has 1 fully saturated rings. The summed E-state index contributed by atoms with van der Waals surface area (Å²) < 4.78 is 2.87. The van der Waals surface area contributed by atoms with Gasteiger partial charge >= 0.3 is 0 Å². The Labute approximate surface area is 256 Å². The van der Waals surface area contributed by atoms with Crippen LogP contribution in [0.3, 0.4) is 0 Å². The predicted octanol–water partition coefficient (Wildman–Crippen LogP) is 5.21. The normalized spacial score (nSPS) is 17.3. The van der Waals surface area contributed by atoms with Crippen LogP contribution in [0.2, 0.25) is 0 Å². The number of thiazole rings is 1. The molecule has 3 heterocycles. The summed E-state index contributed by atoms with van der Waals surface area (Å²) in [5.74, 6) is -0.273. The lowest BCUT2D eigenvalue weighted by Gasteiger charge is -2.20. The van der Waals surface area contributed by atoms with Gasteiger partial charge in [-0.2, -0.15) is 0 Å². The van der Waals surface area contributed by atoms with Crippen LogP contribution in [0.5, 0.6) is 0 Å². The lowest BCUT2D eigenvalue weighted by atomic mass is 10.2. The molecule has 42 heavy (non-hydrogen) atoms. The second-order valence-electron chi connectivity index (χ2n) is 9.83. The van der Waals surface area contributed by atoms with Crippen LogP contribution in [-0.2, 0) is 11.3 Å². The van der Waals surface area contributed by atoms with Crippen molar-refractivity contribution >= 4 is 74.1 Å². The van der Waals surface area contributed by atoms with E-state index in [0.717, 1.165) is 26.9 Å². The summed E-state index contributed by atoms with van der Waals surface area (Å²) in [5.41, 5.74) is 3.67. The average molecular weight is 605 g/mol. The molecule has 5 aromatic rings. The second kappa shape index (κ2) is 10.8. The number of amides is 1. The second-order valence-corrected chi connectivity index (χ2v) is 12.2. The highest BCUT2D eigenvalue weighted by atomic mass is 32.2. The van der Waals surface area contributed by atoms with E-state index in [2.05, 4.69) is 17.0 Å². The van der Waals surface area contributed by atoms with E-state index >= 15 is 0 Å².